The molecule has 2 aromatic rings. The van der Waals surface area contributed by atoms with Crippen LogP contribution in [0, 0.1) is 0 Å². The van der Waals surface area contributed by atoms with Gasteiger partial charge in [-0.2, -0.15) is 5.10 Å². The Morgan fingerprint density at radius 3 is 2.74 bits per heavy atom. The van der Waals surface area contributed by atoms with E-state index in [2.05, 4.69) is 17.3 Å². The summed E-state index contributed by atoms with van der Waals surface area (Å²) in [5.41, 5.74) is 4.22. The Labute approximate surface area is 184 Å². The Bertz CT molecular complexity index is 1010. The first-order valence-electron chi connectivity index (χ1n) is 10.8. The van der Waals surface area contributed by atoms with Crippen LogP contribution < -0.4 is 10.1 Å². The maximum atomic E-state index is 12.0. The highest BCUT2D eigenvalue weighted by molar-refractivity contribution is 6.04. The number of carbonyl (C=O) groups is 1. The van der Waals surface area contributed by atoms with Crippen LogP contribution in [0.5, 0.6) is 5.75 Å². The van der Waals surface area contributed by atoms with E-state index >= 15 is 0 Å². The van der Waals surface area contributed by atoms with E-state index in [1.165, 1.54) is 6.08 Å². The molecule has 0 atom stereocenters. The highest BCUT2D eigenvalue weighted by atomic mass is 16.6. The zero-order valence-corrected chi connectivity index (χ0v) is 19.3. The van der Waals surface area contributed by atoms with Crippen molar-refractivity contribution < 1.29 is 14.3 Å². The first-order chi connectivity index (χ1) is 14.7. The van der Waals surface area contributed by atoms with E-state index in [-0.39, 0.29) is 5.97 Å². The lowest BCUT2D eigenvalue weighted by atomic mass is 10.1. The standard InChI is InChI=1S/C24H32N4O3/c1-7-9-18-22-19(28(6)27-18)15-25-23(26-22)17-14-16(10-12-20(17)30-8-2)11-13-21(29)31-24(3,4)5/h10-14H,7-9,15H2,1-6H3,(H,25,26). The summed E-state index contributed by atoms with van der Waals surface area (Å²) >= 11 is 0. The fraction of sp³-hybridized carbons (Fsp3) is 0.458. The molecule has 0 amide bonds. The maximum absolute atomic E-state index is 12.0. The van der Waals surface area contributed by atoms with E-state index in [1.54, 1.807) is 6.08 Å². The van der Waals surface area contributed by atoms with Crippen molar-refractivity contribution in [1.29, 1.82) is 0 Å². The molecule has 0 saturated carbocycles. The van der Waals surface area contributed by atoms with E-state index in [0.29, 0.717) is 13.2 Å². The molecule has 0 unspecified atom stereocenters. The number of amidine groups is 1. The highest BCUT2D eigenvalue weighted by Gasteiger charge is 2.23. The van der Waals surface area contributed by atoms with Gasteiger partial charge >= 0.3 is 5.97 Å². The first-order valence-corrected chi connectivity index (χ1v) is 10.8. The Morgan fingerprint density at radius 2 is 2.06 bits per heavy atom. The van der Waals surface area contributed by atoms with Crippen LogP contribution >= 0.6 is 0 Å². The lowest BCUT2D eigenvalue weighted by molar-refractivity contribution is -0.148. The minimum Gasteiger partial charge on any atom is -0.493 e. The molecule has 1 aliphatic heterocycles. The number of ether oxygens (including phenoxy) is 2. The molecule has 166 valence electrons. The number of hydrogen-bond donors (Lipinski definition) is 1. The van der Waals surface area contributed by atoms with Crippen LogP contribution in [-0.4, -0.2) is 33.8 Å². The van der Waals surface area contributed by atoms with Crippen LogP contribution in [0.2, 0.25) is 0 Å². The number of fused-ring (bicyclic) bond motifs is 1. The highest BCUT2D eigenvalue weighted by Crippen LogP contribution is 2.31. The summed E-state index contributed by atoms with van der Waals surface area (Å²) in [6.45, 7) is 10.8. The summed E-state index contributed by atoms with van der Waals surface area (Å²) in [6.07, 6.45) is 5.09. The van der Waals surface area contributed by atoms with Gasteiger partial charge in [0.2, 0.25) is 0 Å². The van der Waals surface area contributed by atoms with Crippen molar-refractivity contribution in [2.24, 2.45) is 12.0 Å². The number of carbonyl (C=O) groups excluding carboxylic acids is 1. The second-order valence-electron chi connectivity index (χ2n) is 8.48. The predicted molar refractivity (Wildman–Crippen MR) is 123 cm³/mol. The average Bonchev–Trinajstić information content (AvgIpc) is 3.01. The molecular formula is C24H32N4O3. The SMILES string of the molecule is CCCc1nn(C)c2c1N=C(c1cc(C=CC(=O)OC(C)(C)C)ccc1OCC)NC2. The van der Waals surface area contributed by atoms with Crippen molar-refractivity contribution in [2.75, 3.05) is 6.61 Å². The van der Waals surface area contributed by atoms with Gasteiger partial charge in [-0.1, -0.05) is 19.4 Å². The van der Waals surface area contributed by atoms with Gasteiger partial charge in [-0.05, 0) is 57.9 Å². The molecule has 2 heterocycles. The van der Waals surface area contributed by atoms with E-state index in [9.17, 15) is 4.79 Å². The minimum atomic E-state index is -0.524. The summed E-state index contributed by atoms with van der Waals surface area (Å²) in [7, 11) is 1.95. The number of rotatable bonds is 7. The van der Waals surface area contributed by atoms with Crippen molar-refractivity contribution in [1.82, 2.24) is 15.1 Å². The van der Waals surface area contributed by atoms with E-state index in [0.717, 1.165) is 52.6 Å². The number of aromatic nitrogens is 2. The van der Waals surface area contributed by atoms with Crippen LogP contribution in [0.25, 0.3) is 6.08 Å². The molecule has 0 spiro atoms. The zero-order valence-electron chi connectivity index (χ0n) is 19.3. The Morgan fingerprint density at radius 1 is 1.29 bits per heavy atom. The molecule has 0 aliphatic carbocycles. The normalized spacial score (nSPS) is 13.5. The molecule has 31 heavy (non-hydrogen) atoms. The smallest absolute Gasteiger partial charge is 0.331 e. The molecule has 0 bridgehead atoms. The Hall–Kier alpha value is -3.09. The van der Waals surface area contributed by atoms with Crippen LogP contribution in [0.3, 0.4) is 0 Å². The van der Waals surface area contributed by atoms with Gasteiger partial charge in [0.25, 0.3) is 0 Å². The van der Waals surface area contributed by atoms with Gasteiger partial charge in [0, 0.05) is 13.1 Å². The summed E-state index contributed by atoms with van der Waals surface area (Å²) in [5.74, 6) is 1.11. The molecule has 0 fully saturated rings. The van der Waals surface area contributed by atoms with E-state index < -0.39 is 5.60 Å². The third-order valence-corrected chi connectivity index (χ3v) is 4.72. The summed E-state index contributed by atoms with van der Waals surface area (Å²) in [4.78, 5) is 17.0. The van der Waals surface area contributed by atoms with Crippen molar-refractivity contribution in [2.45, 2.75) is 59.6 Å². The van der Waals surface area contributed by atoms with Crippen molar-refractivity contribution >= 4 is 23.6 Å². The number of nitrogens with one attached hydrogen (secondary N) is 1. The molecule has 7 nitrogen and oxygen atoms in total. The van der Waals surface area contributed by atoms with Gasteiger partial charge < -0.3 is 14.8 Å². The molecule has 0 radical (unpaired) electrons. The lowest BCUT2D eigenvalue weighted by Crippen LogP contribution is -2.28. The molecule has 1 aromatic heterocycles. The van der Waals surface area contributed by atoms with Crippen LogP contribution in [0.4, 0.5) is 5.69 Å². The molecule has 1 aromatic carbocycles. The van der Waals surface area contributed by atoms with Crippen LogP contribution in [-0.2, 0) is 29.5 Å². The quantitative estimate of drug-likeness (QED) is 0.529. The molecular weight excluding hydrogens is 392 g/mol. The minimum absolute atomic E-state index is 0.375. The van der Waals surface area contributed by atoms with Gasteiger partial charge in [-0.25, -0.2) is 9.79 Å². The van der Waals surface area contributed by atoms with Gasteiger partial charge in [0.15, 0.2) is 0 Å². The van der Waals surface area contributed by atoms with Gasteiger partial charge in [0.05, 0.1) is 30.1 Å². The number of benzene rings is 1. The largest absolute Gasteiger partial charge is 0.493 e. The van der Waals surface area contributed by atoms with Crippen molar-refractivity contribution in [3.8, 4) is 5.75 Å². The van der Waals surface area contributed by atoms with Gasteiger partial charge in [0.1, 0.15) is 22.9 Å². The fourth-order valence-electron chi connectivity index (χ4n) is 3.43. The summed E-state index contributed by atoms with van der Waals surface area (Å²) < 4.78 is 13.1. The second-order valence-corrected chi connectivity index (χ2v) is 8.48. The van der Waals surface area contributed by atoms with Crippen molar-refractivity contribution in [3.63, 3.8) is 0 Å². The summed E-state index contributed by atoms with van der Waals surface area (Å²) in [5, 5.41) is 8.04. The number of nitrogens with zero attached hydrogens (tertiary/aromatic N) is 3. The monoisotopic (exact) mass is 424 g/mol. The first kappa shape index (κ1) is 22.6. The second kappa shape index (κ2) is 9.37. The fourth-order valence-corrected chi connectivity index (χ4v) is 3.43. The third-order valence-electron chi connectivity index (χ3n) is 4.72. The molecule has 1 N–H and O–H groups in total. The van der Waals surface area contributed by atoms with Crippen molar-refractivity contribution in [3.05, 3.63) is 46.8 Å². The molecule has 1 aliphatic rings. The average molecular weight is 425 g/mol. The lowest BCUT2D eigenvalue weighted by Gasteiger charge is -2.19. The maximum Gasteiger partial charge on any atom is 0.331 e. The number of esters is 1. The predicted octanol–water partition coefficient (Wildman–Crippen LogP) is 4.31. The molecule has 0 saturated heterocycles. The topological polar surface area (TPSA) is 77.7 Å². The summed E-state index contributed by atoms with van der Waals surface area (Å²) in [6, 6.07) is 5.79. The Balaban J connectivity index is 1.96. The number of aryl methyl sites for hydroxylation is 2. The van der Waals surface area contributed by atoms with Gasteiger partial charge in [-0.15, -0.1) is 0 Å². The zero-order chi connectivity index (χ0) is 22.6. The third kappa shape index (κ3) is 5.54. The Kier molecular flexibility index (Phi) is 6.83. The van der Waals surface area contributed by atoms with Gasteiger partial charge in [-0.3, -0.25) is 4.68 Å². The van der Waals surface area contributed by atoms with Crippen LogP contribution in [0.1, 0.15) is 63.6 Å². The van der Waals surface area contributed by atoms with E-state index in [1.807, 2.05) is 57.6 Å². The van der Waals surface area contributed by atoms with Crippen LogP contribution in [0.15, 0.2) is 29.3 Å². The number of aliphatic imine (C=N–C) groups is 1. The molecule has 3 rings (SSSR count). The van der Waals surface area contributed by atoms with E-state index in [4.69, 9.17) is 14.5 Å². The number of hydrogen-bond acceptors (Lipinski definition) is 6. The molecule has 7 heteroatoms.